The van der Waals surface area contributed by atoms with E-state index in [4.69, 9.17) is 5.41 Å². The van der Waals surface area contributed by atoms with E-state index in [1.807, 2.05) is 13.0 Å². The van der Waals surface area contributed by atoms with Crippen molar-refractivity contribution in [1.82, 2.24) is 0 Å². The zero-order chi connectivity index (χ0) is 7.98. The molecule has 56 valence electrons. The van der Waals surface area contributed by atoms with Gasteiger partial charge in [-0.2, -0.15) is 0 Å². The van der Waals surface area contributed by atoms with E-state index in [-0.39, 0.29) is 0 Å². The summed E-state index contributed by atoms with van der Waals surface area (Å²) in [5.41, 5.74) is 1.65. The Labute approximate surface area is 63.0 Å². The lowest BCUT2D eigenvalue weighted by Gasteiger charge is -2.00. The first-order chi connectivity index (χ1) is 4.76. The Hall–Kier alpha value is -0.850. The summed E-state index contributed by atoms with van der Waals surface area (Å²) in [6.07, 6.45) is 5.54. The predicted molar refractivity (Wildman–Crippen MR) is 46.6 cm³/mol. The van der Waals surface area contributed by atoms with E-state index in [9.17, 15) is 0 Å². The first-order valence-corrected chi connectivity index (χ1v) is 3.62. The van der Waals surface area contributed by atoms with Crippen molar-refractivity contribution in [2.45, 2.75) is 26.7 Å². The first-order valence-electron chi connectivity index (χ1n) is 3.62. The van der Waals surface area contributed by atoms with Crippen molar-refractivity contribution < 1.29 is 0 Å². The predicted octanol–water partition coefficient (Wildman–Crippen LogP) is 2.94. The molecule has 0 amide bonds. The van der Waals surface area contributed by atoms with Gasteiger partial charge >= 0.3 is 0 Å². The first kappa shape index (κ1) is 9.15. The van der Waals surface area contributed by atoms with E-state index in [1.165, 1.54) is 0 Å². The van der Waals surface area contributed by atoms with Crippen molar-refractivity contribution in [2.75, 3.05) is 0 Å². The molecule has 0 atom stereocenters. The maximum Gasteiger partial charge on any atom is 0.0382 e. The lowest BCUT2D eigenvalue weighted by molar-refractivity contribution is 0.986. The van der Waals surface area contributed by atoms with Crippen molar-refractivity contribution in [3.8, 4) is 0 Å². The molecule has 0 unspecified atom stereocenters. The monoisotopic (exact) mass is 137 g/mol. The molecule has 10 heavy (non-hydrogen) atoms. The highest BCUT2D eigenvalue weighted by Crippen LogP contribution is 2.03. The van der Waals surface area contributed by atoms with Gasteiger partial charge < -0.3 is 5.41 Å². The van der Waals surface area contributed by atoms with Crippen molar-refractivity contribution in [3.05, 3.63) is 24.3 Å². The van der Waals surface area contributed by atoms with E-state index in [0.717, 1.165) is 18.4 Å². The third-order valence-corrected chi connectivity index (χ3v) is 1.38. The summed E-state index contributed by atoms with van der Waals surface area (Å²) in [6, 6.07) is 0. The Balaban J connectivity index is 4.04. The van der Waals surface area contributed by atoms with Crippen LogP contribution in [0.15, 0.2) is 24.3 Å². The number of hydrogen-bond acceptors (Lipinski definition) is 1. The van der Waals surface area contributed by atoms with Gasteiger partial charge in [0.1, 0.15) is 0 Å². The molecule has 0 bridgehead atoms. The standard InChI is InChI=1S/C9H15N/c1-4-7-9(10)8(5-2)6-3/h5-6,10H,2,4,7H2,1,3H3/b8-6-,10-9?. The van der Waals surface area contributed by atoms with Gasteiger partial charge in [-0.3, -0.25) is 0 Å². The molecule has 1 nitrogen and oxygen atoms in total. The minimum absolute atomic E-state index is 0.694. The summed E-state index contributed by atoms with van der Waals surface area (Å²) in [4.78, 5) is 0. The molecule has 0 fully saturated rings. The van der Waals surface area contributed by atoms with Crippen molar-refractivity contribution in [2.24, 2.45) is 0 Å². The van der Waals surface area contributed by atoms with E-state index in [2.05, 4.69) is 13.5 Å². The van der Waals surface area contributed by atoms with Crippen molar-refractivity contribution in [1.29, 1.82) is 5.41 Å². The number of rotatable bonds is 4. The second-order valence-corrected chi connectivity index (χ2v) is 2.18. The molecule has 0 saturated heterocycles. The Bertz CT molecular complexity index is 154. The average molecular weight is 137 g/mol. The summed E-state index contributed by atoms with van der Waals surface area (Å²) in [7, 11) is 0. The Morgan fingerprint density at radius 1 is 1.60 bits per heavy atom. The molecule has 0 aromatic heterocycles. The number of allylic oxidation sites excluding steroid dienone is 3. The molecule has 1 heteroatoms. The summed E-state index contributed by atoms with van der Waals surface area (Å²) >= 11 is 0. The fraction of sp³-hybridized carbons (Fsp3) is 0.444. The molecule has 0 spiro atoms. The Morgan fingerprint density at radius 2 is 2.20 bits per heavy atom. The number of nitrogens with one attached hydrogen (secondary N) is 1. The van der Waals surface area contributed by atoms with Crippen LogP contribution >= 0.6 is 0 Å². The van der Waals surface area contributed by atoms with E-state index in [1.54, 1.807) is 6.08 Å². The normalized spacial score (nSPS) is 11.2. The topological polar surface area (TPSA) is 23.9 Å². The molecular weight excluding hydrogens is 122 g/mol. The van der Waals surface area contributed by atoms with Gasteiger partial charge in [-0.1, -0.05) is 32.1 Å². The molecule has 0 aliphatic rings. The lowest BCUT2D eigenvalue weighted by atomic mass is 10.1. The highest BCUT2D eigenvalue weighted by atomic mass is 14.4. The Kier molecular flexibility index (Phi) is 4.55. The lowest BCUT2D eigenvalue weighted by Crippen LogP contribution is -1.96. The van der Waals surface area contributed by atoms with Crippen LogP contribution in [0.2, 0.25) is 0 Å². The molecule has 0 aliphatic carbocycles. The number of hydrogen-bond donors (Lipinski definition) is 1. The van der Waals surface area contributed by atoms with Crippen LogP contribution in [0.25, 0.3) is 0 Å². The van der Waals surface area contributed by atoms with Crippen LogP contribution < -0.4 is 0 Å². The third kappa shape index (κ3) is 2.62. The van der Waals surface area contributed by atoms with Gasteiger partial charge in [0, 0.05) is 5.71 Å². The van der Waals surface area contributed by atoms with Crippen LogP contribution in [-0.4, -0.2) is 5.71 Å². The average Bonchev–Trinajstić information content (AvgIpc) is 1.91. The zero-order valence-electron chi connectivity index (χ0n) is 6.78. The maximum absolute atomic E-state index is 7.51. The van der Waals surface area contributed by atoms with Crippen LogP contribution in [-0.2, 0) is 0 Å². The summed E-state index contributed by atoms with van der Waals surface area (Å²) < 4.78 is 0. The maximum atomic E-state index is 7.51. The molecule has 1 N–H and O–H groups in total. The SMILES string of the molecule is C=C/C(=C/C)C(=N)CCC. The molecule has 0 rings (SSSR count). The zero-order valence-corrected chi connectivity index (χ0v) is 6.78. The van der Waals surface area contributed by atoms with E-state index < -0.39 is 0 Å². The largest absolute Gasteiger partial charge is 0.305 e. The second-order valence-electron chi connectivity index (χ2n) is 2.18. The molecule has 0 radical (unpaired) electrons. The van der Waals surface area contributed by atoms with Crippen LogP contribution in [0.1, 0.15) is 26.7 Å². The molecule has 0 aromatic carbocycles. The van der Waals surface area contributed by atoms with Crippen LogP contribution in [0.4, 0.5) is 0 Å². The second kappa shape index (κ2) is 4.98. The van der Waals surface area contributed by atoms with Gasteiger partial charge in [0.25, 0.3) is 0 Å². The van der Waals surface area contributed by atoms with Gasteiger partial charge in [-0.15, -0.1) is 0 Å². The van der Waals surface area contributed by atoms with Crippen LogP contribution in [0.3, 0.4) is 0 Å². The fourth-order valence-corrected chi connectivity index (χ4v) is 0.810. The molecule has 0 heterocycles. The van der Waals surface area contributed by atoms with Gasteiger partial charge in [-0.25, -0.2) is 0 Å². The van der Waals surface area contributed by atoms with Gasteiger partial charge in [0.2, 0.25) is 0 Å². The minimum atomic E-state index is 0.694. The summed E-state index contributed by atoms with van der Waals surface area (Å²) in [5, 5.41) is 7.51. The molecular formula is C9H15N. The van der Waals surface area contributed by atoms with Gasteiger partial charge in [0.15, 0.2) is 0 Å². The quantitative estimate of drug-likeness (QED) is 0.455. The fourth-order valence-electron chi connectivity index (χ4n) is 0.810. The smallest absolute Gasteiger partial charge is 0.0382 e. The highest BCUT2D eigenvalue weighted by Gasteiger charge is 1.96. The van der Waals surface area contributed by atoms with Crippen LogP contribution in [0, 0.1) is 5.41 Å². The highest BCUT2D eigenvalue weighted by molar-refractivity contribution is 5.99. The summed E-state index contributed by atoms with van der Waals surface area (Å²) in [5.74, 6) is 0. The van der Waals surface area contributed by atoms with Gasteiger partial charge in [-0.05, 0) is 18.9 Å². The van der Waals surface area contributed by atoms with Gasteiger partial charge in [0.05, 0.1) is 0 Å². The third-order valence-electron chi connectivity index (χ3n) is 1.38. The van der Waals surface area contributed by atoms with E-state index >= 15 is 0 Å². The minimum Gasteiger partial charge on any atom is -0.305 e. The van der Waals surface area contributed by atoms with Crippen molar-refractivity contribution in [3.63, 3.8) is 0 Å². The molecule has 0 aliphatic heterocycles. The van der Waals surface area contributed by atoms with E-state index in [0.29, 0.717) is 5.71 Å². The van der Waals surface area contributed by atoms with Crippen molar-refractivity contribution >= 4 is 5.71 Å². The Morgan fingerprint density at radius 3 is 2.50 bits per heavy atom. The van der Waals surface area contributed by atoms with Crippen LogP contribution in [0.5, 0.6) is 0 Å². The molecule has 0 saturated carbocycles. The summed E-state index contributed by atoms with van der Waals surface area (Å²) in [6.45, 7) is 7.63. The molecule has 0 aromatic rings.